The van der Waals surface area contributed by atoms with Gasteiger partial charge in [-0.2, -0.15) is 0 Å². The van der Waals surface area contributed by atoms with Crippen LogP contribution in [0, 0.1) is 17.8 Å². The third-order valence-corrected chi connectivity index (χ3v) is 3.80. The Hall–Kier alpha value is -0.730. The summed E-state index contributed by atoms with van der Waals surface area (Å²) in [6.07, 6.45) is 1.62. The maximum Gasteiger partial charge on any atom is 0.306 e. The van der Waals surface area contributed by atoms with Crippen LogP contribution >= 0.6 is 23.2 Å². The molecule has 0 aromatic heterocycles. The van der Waals surface area contributed by atoms with Crippen molar-refractivity contribution in [3.63, 3.8) is 0 Å². The number of hydrogen-bond donors (Lipinski definition) is 1. The fourth-order valence-electron chi connectivity index (χ4n) is 2.38. The molecule has 0 heterocycles. The molecule has 1 aromatic rings. The van der Waals surface area contributed by atoms with E-state index in [1.165, 1.54) is 0 Å². The highest BCUT2D eigenvalue weighted by Crippen LogP contribution is 2.45. The quantitative estimate of drug-likeness (QED) is 0.903. The number of carboxylic acid groups (broad SMARTS) is 1. The van der Waals surface area contributed by atoms with Crippen LogP contribution in [0.5, 0.6) is 0 Å². The molecule has 92 valence electrons. The Bertz CT molecular complexity index is 425. The van der Waals surface area contributed by atoms with Gasteiger partial charge >= 0.3 is 5.97 Å². The van der Waals surface area contributed by atoms with Gasteiger partial charge in [-0.25, -0.2) is 0 Å². The van der Waals surface area contributed by atoms with Gasteiger partial charge < -0.3 is 5.11 Å². The van der Waals surface area contributed by atoms with E-state index in [0.29, 0.717) is 21.9 Å². The van der Waals surface area contributed by atoms with Crippen LogP contribution in [-0.2, 0) is 11.2 Å². The fourth-order valence-corrected chi connectivity index (χ4v) is 2.95. The van der Waals surface area contributed by atoms with Crippen molar-refractivity contribution in [2.45, 2.75) is 19.8 Å². The van der Waals surface area contributed by atoms with Gasteiger partial charge in [0.25, 0.3) is 0 Å². The summed E-state index contributed by atoms with van der Waals surface area (Å²) < 4.78 is 0. The molecule has 4 heteroatoms. The molecule has 1 aliphatic carbocycles. The highest BCUT2D eigenvalue weighted by atomic mass is 35.5. The summed E-state index contributed by atoms with van der Waals surface area (Å²) in [6, 6.07) is 5.48. The smallest absolute Gasteiger partial charge is 0.306 e. The van der Waals surface area contributed by atoms with E-state index in [9.17, 15) is 4.79 Å². The van der Waals surface area contributed by atoms with E-state index in [1.54, 1.807) is 6.07 Å². The average Bonchev–Trinajstić information content (AvgIpc) is 2.94. The van der Waals surface area contributed by atoms with Crippen molar-refractivity contribution >= 4 is 29.2 Å². The van der Waals surface area contributed by atoms with Gasteiger partial charge in [0.2, 0.25) is 0 Å². The minimum absolute atomic E-state index is 0.153. The molecule has 3 unspecified atom stereocenters. The monoisotopic (exact) mass is 272 g/mol. The van der Waals surface area contributed by atoms with Crippen LogP contribution in [-0.4, -0.2) is 11.1 Å². The first-order valence-corrected chi connectivity index (χ1v) is 6.40. The van der Waals surface area contributed by atoms with E-state index in [0.717, 1.165) is 18.4 Å². The minimum Gasteiger partial charge on any atom is -0.481 e. The standard InChI is InChI=1S/C13H14Cl2O2/c1-7(11-6-12(11)13(16)17)2-8-3-9(14)5-10(15)4-8/h3-5,7,11-12H,2,6H2,1H3,(H,16,17). The van der Waals surface area contributed by atoms with Crippen LogP contribution in [0.1, 0.15) is 18.9 Å². The van der Waals surface area contributed by atoms with Gasteiger partial charge in [-0.05, 0) is 48.4 Å². The van der Waals surface area contributed by atoms with Crippen molar-refractivity contribution in [3.05, 3.63) is 33.8 Å². The maximum absolute atomic E-state index is 10.8. The first-order chi connectivity index (χ1) is 7.97. The molecular weight excluding hydrogens is 259 g/mol. The van der Waals surface area contributed by atoms with Crippen LogP contribution < -0.4 is 0 Å². The summed E-state index contributed by atoms with van der Waals surface area (Å²) in [4.78, 5) is 10.8. The van der Waals surface area contributed by atoms with Gasteiger partial charge in [0.1, 0.15) is 0 Å². The van der Waals surface area contributed by atoms with Crippen molar-refractivity contribution < 1.29 is 9.90 Å². The number of benzene rings is 1. The lowest BCUT2D eigenvalue weighted by Gasteiger charge is -2.11. The van der Waals surface area contributed by atoms with E-state index in [4.69, 9.17) is 28.3 Å². The zero-order chi connectivity index (χ0) is 12.6. The lowest BCUT2D eigenvalue weighted by atomic mass is 9.95. The van der Waals surface area contributed by atoms with E-state index in [-0.39, 0.29) is 5.92 Å². The third-order valence-electron chi connectivity index (χ3n) is 3.37. The highest BCUT2D eigenvalue weighted by molar-refractivity contribution is 6.34. The van der Waals surface area contributed by atoms with E-state index >= 15 is 0 Å². The van der Waals surface area contributed by atoms with Gasteiger partial charge in [0, 0.05) is 10.0 Å². The molecule has 0 radical (unpaired) electrons. The molecule has 0 saturated heterocycles. The predicted octanol–water partition coefficient (Wildman–Crippen LogP) is 3.89. The van der Waals surface area contributed by atoms with Crippen LogP contribution in [0.25, 0.3) is 0 Å². The van der Waals surface area contributed by atoms with Crippen LogP contribution in [0.2, 0.25) is 10.0 Å². The molecule has 0 aliphatic heterocycles. The van der Waals surface area contributed by atoms with E-state index in [2.05, 4.69) is 6.92 Å². The maximum atomic E-state index is 10.8. The lowest BCUT2D eigenvalue weighted by Crippen LogP contribution is -2.08. The normalized spacial score (nSPS) is 24.4. The minimum atomic E-state index is -0.675. The Morgan fingerprint density at radius 1 is 1.41 bits per heavy atom. The number of aliphatic carboxylic acids is 1. The summed E-state index contributed by atoms with van der Waals surface area (Å²) in [5, 5.41) is 10.1. The Kier molecular flexibility index (Phi) is 3.64. The third kappa shape index (κ3) is 3.14. The molecule has 1 saturated carbocycles. The van der Waals surface area contributed by atoms with Crippen LogP contribution in [0.15, 0.2) is 18.2 Å². The largest absolute Gasteiger partial charge is 0.481 e. The first-order valence-electron chi connectivity index (χ1n) is 5.65. The Balaban J connectivity index is 1.99. The lowest BCUT2D eigenvalue weighted by molar-refractivity contribution is -0.139. The molecule has 1 aromatic carbocycles. The SMILES string of the molecule is CC(Cc1cc(Cl)cc(Cl)c1)C1CC1C(=O)O. The topological polar surface area (TPSA) is 37.3 Å². The molecule has 1 aliphatic rings. The average molecular weight is 273 g/mol. The predicted molar refractivity (Wildman–Crippen MR) is 68.6 cm³/mol. The van der Waals surface area contributed by atoms with Crippen molar-refractivity contribution in [3.8, 4) is 0 Å². The van der Waals surface area contributed by atoms with Gasteiger partial charge in [-0.3, -0.25) is 4.79 Å². The second kappa shape index (κ2) is 4.87. The van der Waals surface area contributed by atoms with Crippen molar-refractivity contribution in [2.24, 2.45) is 17.8 Å². The van der Waals surface area contributed by atoms with Gasteiger partial charge in [0.15, 0.2) is 0 Å². The van der Waals surface area contributed by atoms with Crippen molar-refractivity contribution in [1.29, 1.82) is 0 Å². The van der Waals surface area contributed by atoms with E-state index < -0.39 is 5.97 Å². The Morgan fingerprint density at radius 3 is 2.47 bits per heavy atom. The summed E-state index contributed by atoms with van der Waals surface area (Å²) in [5.74, 6) is -0.179. The van der Waals surface area contributed by atoms with Crippen LogP contribution in [0.4, 0.5) is 0 Å². The first kappa shape index (κ1) is 12.7. The summed E-state index contributed by atoms with van der Waals surface area (Å²) >= 11 is 11.9. The van der Waals surface area contributed by atoms with E-state index in [1.807, 2.05) is 12.1 Å². The van der Waals surface area contributed by atoms with Gasteiger partial charge in [0.05, 0.1) is 5.92 Å². The highest BCUT2D eigenvalue weighted by Gasteiger charge is 2.45. The van der Waals surface area contributed by atoms with Gasteiger partial charge in [-0.1, -0.05) is 30.1 Å². The molecular formula is C13H14Cl2O2. The van der Waals surface area contributed by atoms with Crippen molar-refractivity contribution in [1.82, 2.24) is 0 Å². The Morgan fingerprint density at radius 2 is 2.00 bits per heavy atom. The van der Waals surface area contributed by atoms with Gasteiger partial charge in [-0.15, -0.1) is 0 Å². The summed E-state index contributed by atoms with van der Waals surface area (Å²) in [5.41, 5.74) is 1.08. The molecule has 17 heavy (non-hydrogen) atoms. The summed E-state index contributed by atoms with van der Waals surface area (Å²) in [6.45, 7) is 2.09. The molecule has 0 amide bonds. The summed E-state index contributed by atoms with van der Waals surface area (Å²) in [7, 11) is 0. The zero-order valence-electron chi connectivity index (χ0n) is 9.49. The van der Waals surface area contributed by atoms with Crippen LogP contribution in [0.3, 0.4) is 0 Å². The molecule has 0 spiro atoms. The second-order valence-electron chi connectivity index (χ2n) is 4.80. The molecule has 1 fully saturated rings. The number of carboxylic acids is 1. The molecule has 1 N–H and O–H groups in total. The molecule has 0 bridgehead atoms. The zero-order valence-corrected chi connectivity index (χ0v) is 11.0. The molecule has 2 rings (SSSR count). The molecule has 3 atom stereocenters. The number of halogens is 2. The molecule has 2 nitrogen and oxygen atoms in total. The fraction of sp³-hybridized carbons (Fsp3) is 0.462. The number of rotatable bonds is 4. The second-order valence-corrected chi connectivity index (χ2v) is 5.68. The number of hydrogen-bond acceptors (Lipinski definition) is 1. The number of carbonyl (C=O) groups is 1. The van der Waals surface area contributed by atoms with Crippen molar-refractivity contribution in [2.75, 3.05) is 0 Å². The Labute approximate surface area is 111 Å².